The molecule has 1 aromatic rings. The molecule has 6 nitrogen and oxygen atoms in total. The summed E-state index contributed by atoms with van der Waals surface area (Å²) in [7, 11) is -3.51. The molecular formula is C16H23ClN2O4S. The number of ether oxygens (including phenoxy) is 1. The average Bonchev–Trinajstić information content (AvgIpc) is 3.08. The Labute approximate surface area is 148 Å². The van der Waals surface area contributed by atoms with Gasteiger partial charge in [-0.05, 0) is 44.4 Å². The first-order valence-electron chi connectivity index (χ1n) is 8.06. The summed E-state index contributed by atoms with van der Waals surface area (Å²) in [6.45, 7) is 4.79. The number of amides is 1. The van der Waals surface area contributed by atoms with Crippen molar-refractivity contribution in [1.29, 1.82) is 0 Å². The van der Waals surface area contributed by atoms with Crippen LogP contribution in [0, 0.1) is 0 Å². The van der Waals surface area contributed by atoms with Crippen molar-refractivity contribution < 1.29 is 17.9 Å². The highest BCUT2D eigenvalue weighted by atomic mass is 35.5. The normalized spacial score (nSPS) is 16.8. The lowest BCUT2D eigenvalue weighted by atomic mass is 10.2. The van der Waals surface area contributed by atoms with Gasteiger partial charge >= 0.3 is 0 Å². The molecule has 1 amide bonds. The molecule has 2 rings (SSSR count). The van der Waals surface area contributed by atoms with E-state index in [0.717, 1.165) is 19.3 Å². The molecule has 134 valence electrons. The molecule has 1 unspecified atom stereocenters. The molecule has 1 N–H and O–H groups in total. The lowest BCUT2D eigenvalue weighted by Crippen LogP contribution is -2.35. The summed E-state index contributed by atoms with van der Waals surface area (Å²) in [6, 6.07) is 4.39. The Bertz CT molecular complexity index is 687. The van der Waals surface area contributed by atoms with Gasteiger partial charge in [-0.25, -0.2) is 8.42 Å². The Morgan fingerprint density at radius 3 is 2.62 bits per heavy atom. The smallest absolute Gasteiger partial charge is 0.258 e. The van der Waals surface area contributed by atoms with Crippen LogP contribution in [0.1, 0.15) is 33.1 Å². The van der Waals surface area contributed by atoms with Gasteiger partial charge in [0.1, 0.15) is 5.75 Å². The molecule has 1 atom stereocenters. The van der Waals surface area contributed by atoms with Crippen molar-refractivity contribution in [3.63, 3.8) is 0 Å². The summed E-state index contributed by atoms with van der Waals surface area (Å²) in [5, 5.41) is 2.96. The first-order chi connectivity index (χ1) is 11.3. The number of nitrogens with one attached hydrogen (secondary N) is 1. The zero-order valence-electron chi connectivity index (χ0n) is 13.9. The second-order valence-electron chi connectivity index (χ2n) is 5.87. The minimum atomic E-state index is -3.51. The van der Waals surface area contributed by atoms with Crippen molar-refractivity contribution in [3.8, 4) is 5.75 Å². The molecule has 1 aliphatic rings. The summed E-state index contributed by atoms with van der Waals surface area (Å²) in [4.78, 5) is 11.9. The van der Waals surface area contributed by atoms with E-state index in [1.165, 1.54) is 22.5 Å². The lowest BCUT2D eigenvalue weighted by molar-refractivity contribution is -0.123. The van der Waals surface area contributed by atoms with Gasteiger partial charge in [0.05, 0.1) is 9.92 Å². The highest BCUT2D eigenvalue weighted by Crippen LogP contribution is 2.29. The number of sulfonamides is 1. The summed E-state index contributed by atoms with van der Waals surface area (Å²) >= 11 is 6.12. The fourth-order valence-corrected chi connectivity index (χ4v) is 4.24. The van der Waals surface area contributed by atoms with Crippen molar-refractivity contribution in [2.24, 2.45) is 0 Å². The van der Waals surface area contributed by atoms with Gasteiger partial charge in [0.25, 0.3) is 5.91 Å². The van der Waals surface area contributed by atoms with Crippen LogP contribution in [-0.2, 0) is 14.8 Å². The van der Waals surface area contributed by atoms with Crippen LogP contribution in [0.4, 0.5) is 0 Å². The highest BCUT2D eigenvalue weighted by molar-refractivity contribution is 7.89. The third kappa shape index (κ3) is 4.62. The summed E-state index contributed by atoms with van der Waals surface area (Å²) in [6.07, 6.45) is 2.58. The van der Waals surface area contributed by atoms with E-state index in [1.807, 2.05) is 13.8 Å². The number of rotatable bonds is 7. The van der Waals surface area contributed by atoms with E-state index in [2.05, 4.69) is 5.32 Å². The molecule has 0 aliphatic carbocycles. The third-order valence-electron chi connectivity index (χ3n) is 3.98. The molecule has 1 aliphatic heterocycles. The van der Waals surface area contributed by atoms with Crippen LogP contribution in [0.15, 0.2) is 23.1 Å². The van der Waals surface area contributed by atoms with Crippen molar-refractivity contribution in [1.82, 2.24) is 9.62 Å². The zero-order valence-corrected chi connectivity index (χ0v) is 15.5. The van der Waals surface area contributed by atoms with Crippen LogP contribution < -0.4 is 10.1 Å². The monoisotopic (exact) mass is 374 g/mol. The second kappa shape index (κ2) is 8.18. The van der Waals surface area contributed by atoms with Crippen LogP contribution >= 0.6 is 11.6 Å². The van der Waals surface area contributed by atoms with Crippen molar-refractivity contribution in [2.75, 3.05) is 19.7 Å². The molecule has 24 heavy (non-hydrogen) atoms. The quantitative estimate of drug-likeness (QED) is 0.795. The molecule has 8 heteroatoms. The van der Waals surface area contributed by atoms with E-state index >= 15 is 0 Å². The third-order valence-corrected chi connectivity index (χ3v) is 6.17. The topological polar surface area (TPSA) is 75.7 Å². The Balaban J connectivity index is 2.03. The van der Waals surface area contributed by atoms with Crippen molar-refractivity contribution in [3.05, 3.63) is 23.2 Å². The van der Waals surface area contributed by atoms with Gasteiger partial charge in [-0.3, -0.25) is 4.79 Å². The predicted molar refractivity (Wildman–Crippen MR) is 92.8 cm³/mol. The minimum absolute atomic E-state index is 0.0737. The van der Waals surface area contributed by atoms with E-state index in [-0.39, 0.29) is 34.2 Å². The maximum Gasteiger partial charge on any atom is 0.258 e. The fourth-order valence-electron chi connectivity index (χ4n) is 2.40. The Morgan fingerprint density at radius 2 is 2.04 bits per heavy atom. The SMILES string of the molecule is CCC(C)NC(=O)COc1ccc(S(=O)(=O)N2CCCC2)cc1Cl. The van der Waals surface area contributed by atoms with Crippen LogP contribution in [-0.4, -0.2) is 44.4 Å². The molecule has 0 bridgehead atoms. The maximum atomic E-state index is 12.5. The highest BCUT2D eigenvalue weighted by Gasteiger charge is 2.27. The first-order valence-corrected chi connectivity index (χ1v) is 9.88. The van der Waals surface area contributed by atoms with Gasteiger partial charge in [-0.15, -0.1) is 0 Å². The molecule has 0 radical (unpaired) electrons. The minimum Gasteiger partial charge on any atom is -0.482 e. The summed E-state index contributed by atoms with van der Waals surface area (Å²) in [5.41, 5.74) is 0. The molecule has 0 spiro atoms. The fraction of sp³-hybridized carbons (Fsp3) is 0.562. The zero-order chi connectivity index (χ0) is 17.7. The van der Waals surface area contributed by atoms with Crippen LogP contribution in [0.3, 0.4) is 0 Å². The number of carbonyl (C=O) groups excluding carboxylic acids is 1. The van der Waals surface area contributed by atoms with Gasteiger partial charge in [-0.2, -0.15) is 4.31 Å². The van der Waals surface area contributed by atoms with E-state index in [4.69, 9.17) is 16.3 Å². The second-order valence-corrected chi connectivity index (χ2v) is 8.21. The Morgan fingerprint density at radius 1 is 1.38 bits per heavy atom. The van der Waals surface area contributed by atoms with Gasteiger partial charge in [0.15, 0.2) is 6.61 Å². The molecule has 0 aromatic heterocycles. The summed E-state index contributed by atoms with van der Waals surface area (Å²) < 4.78 is 31.8. The maximum absolute atomic E-state index is 12.5. The molecule has 0 saturated carbocycles. The van der Waals surface area contributed by atoms with Gasteiger partial charge < -0.3 is 10.1 Å². The van der Waals surface area contributed by atoms with E-state index < -0.39 is 10.0 Å². The van der Waals surface area contributed by atoms with Gasteiger partial charge in [0.2, 0.25) is 10.0 Å². The number of benzene rings is 1. The van der Waals surface area contributed by atoms with E-state index in [9.17, 15) is 13.2 Å². The number of hydrogen-bond donors (Lipinski definition) is 1. The van der Waals surface area contributed by atoms with Crippen molar-refractivity contribution >= 4 is 27.5 Å². The van der Waals surface area contributed by atoms with Crippen molar-refractivity contribution in [2.45, 2.75) is 44.0 Å². The molecule has 1 fully saturated rings. The molecular weight excluding hydrogens is 352 g/mol. The number of nitrogens with zero attached hydrogens (tertiary/aromatic N) is 1. The van der Waals surface area contributed by atoms with Crippen LogP contribution in [0.2, 0.25) is 5.02 Å². The van der Waals surface area contributed by atoms with Gasteiger partial charge in [-0.1, -0.05) is 18.5 Å². The molecule has 1 saturated heterocycles. The standard InChI is InChI=1S/C16H23ClN2O4S/c1-3-12(2)18-16(20)11-23-15-7-6-13(10-14(15)17)24(21,22)19-8-4-5-9-19/h6-7,10,12H,3-5,8-9,11H2,1-2H3,(H,18,20). The number of hydrogen-bond acceptors (Lipinski definition) is 4. The Kier molecular flexibility index (Phi) is 6.48. The molecule has 1 heterocycles. The Hall–Kier alpha value is -1.31. The van der Waals surface area contributed by atoms with Crippen LogP contribution in [0.25, 0.3) is 0 Å². The lowest BCUT2D eigenvalue weighted by Gasteiger charge is -2.16. The van der Waals surface area contributed by atoms with E-state index in [0.29, 0.717) is 13.1 Å². The first kappa shape index (κ1) is 19.0. The number of carbonyl (C=O) groups is 1. The van der Waals surface area contributed by atoms with Gasteiger partial charge in [0, 0.05) is 19.1 Å². The van der Waals surface area contributed by atoms with E-state index in [1.54, 1.807) is 0 Å². The number of halogens is 1. The largest absolute Gasteiger partial charge is 0.482 e. The molecule has 1 aromatic carbocycles. The summed E-state index contributed by atoms with van der Waals surface area (Å²) in [5.74, 6) is 0.0468. The van der Waals surface area contributed by atoms with Crippen LogP contribution in [0.5, 0.6) is 5.75 Å². The average molecular weight is 375 g/mol. The predicted octanol–water partition coefficient (Wildman–Crippen LogP) is 2.42.